The number of urea groups is 1. The van der Waals surface area contributed by atoms with Crippen LogP contribution in [0, 0.1) is 6.92 Å². The third-order valence-electron chi connectivity index (χ3n) is 2.35. The number of primary amides is 1. The normalized spacial score (nSPS) is 9.65. The van der Waals surface area contributed by atoms with Crippen molar-refractivity contribution >= 4 is 23.8 Å². The molecular formula is C12H15N3O5. The fourth-order valence-electron chi connectivity index (χ4n) is 1.47. The molecule has 108 valence electrons. The lowest BCUT2D eigenvalue weighted by molar-refractivity contribution is 0.0696. The van der Waals surface area contributed by atoms with E-state index in [0.717, 1.165) is 0 Å². The number of hydrogen-bond acceptors (Lipinski definition) is 4. The van der Waals surface area contributed by atoms with E-state index in [9.17, 15) is 14.4 Å². The monoisotopic (exact) mass is 281 g/mol. The lowest BCUT2D eigenvalue weighted by Crippen LogP contribution is -2.32. The molecule has 0 aromatic heterocycles. The van der Waals surface area contributed by atoms with Crippen LogP contribution in [0.4, 0.5) is 15.3 Å². The molecule has 0 heterocycles. The maximum Gasteiger partial charge on any atom is 0.404 e. The molecule has 0 saturated heterocycles. The van der Waals surface area contributed by atoms with E-state index in [0.29, 0.717) is 11.3 Å². The Labute approximate surface area is 114 Å². The smallest absolute Gasteiger partial charge is 0.404 e. The van der Waals surface area contributed by atoms with Gasteiger partial charge in [-0.1, -0.05) is 0 Å². The summed E-state index contributed by atoms with van der Waals surface area (Å²) >= 11 is 0. The number of carbonyl (C=O) groups is 3. The van der Waals surface area contributed by atoms with E-state index in [-0.39, 0.29) is 18.7 Å². The van der Waals surface area contributed by atoms with Gasteiger partial charge in [-0.05, 0) is 30.7 Å². The molecule has 1 aromatic carbocycles. The number of rotatable bonds is 5. The van der Waals surface area contributed by atoms with E-state index >= 15 is 0 Å². The van der Waals surface area contributed by atoms with Gasteiger partial charge in [-0.25, -0.2) is 14.4 Å². The summed E-state index contributed by atoms with van der Waals surface area (Å²) in [4.78, 5) is 32.6. The van der Waals surface area contributed by atoms with Crippen molar-refractivity contribution < 1.29 is 24.2 Å². The second-order valence-corrected chi connectivity index (χ2v) is 3.88. The summed E-state index contributed by atoms with van der Waals surface area (Å²) in [6, 6.07) is 3.93. The van der Waals surface area contributed by atoms with Crippen LogP contribution in [0.25, 0.3) is 0 Å². The lowest BCUT2D eigenvalue weighted by atomic mass is 10.1. The molecule has 8 nitrogen and oxygen atoms in total. The van der Waals surface area contributed by atoms with Crippen molar-refractivity contribution in [1.29, 1.82) is 0 Å². The number of benzene rings is 1. The Morgan fingerprint density at radius 3 is 2.60 bits per heavy atom. The first-order valence-electron chi connectivity index (χ1n) is 5.71. The van der Waals surface area contributed by atoms with Crippen molar-refractivity contribution in [3.63, 3.8) is 0 Å². The van der Waals surface area contributed by atoms with Crippen LogP contribution in [-0.2, 0) is 4.74 Å². The molecule has 0 bridgehead atoms. The molecule has 0 atom stereocenters. The van der Waals surface area contributed by atoms with Gasteiger partial charge in [-0.2, -0.15) is 0 Å². The van der Waals surface area contributed by atoms with Gasteiger partial charge in [-0.15, -0.1) is 0 Å². The third kappa shape index (κ3) is 4.84. The first-order valence-corrected chi connectivity index (χ1v) is 5.71. The van der Waals surface area contributed by atoms with Crippen LogP contribution in [0.2, 0.25) is 0 Å². The van der Waals surface area contributed by atoms with Crippen molar-refractivity contribution in [2.75, 3.05) is 18.5 Å². The predicted molar refractivity (Wildman–Crippen MR) is 70.7 cm³/mol. The lowest BCUT2D eigenvalue weighted by Gasteiger charge is -2.09. The molecule has 0 aliphatic carbocycles. The topological polar surface area (TPSA) is 131 Å². The summed E-state index contributed by atoms with van der Waals surface area (Å²) in [5, 5.41) is 13.8. The van der Waals surface area contributed by atoms with Gasteiger partial charge in [0, 0.05) is 5.69 Å². The number of ether oxygens (including phenoxy) is 1. The fourth-order valence-corrected chi connectivity index (χ4v) is 1.47. The molecule has 20 heavy (non-hydrogen) atoms. The highest BCUT2D eigenvalue weighted by Crippen LogP contribution is 2.15. The van der Waals surface area contributed by atoms with Crippen LogP contribution in [-0.4, -0.2) is 36.4 Å². The van der Waals surface area contributed by atoms with Crippen molar-refractivity contribution in [3.05, 3.63) is 29.3 Å². The molecule has 5 N–H and O–H groups in total. The van der Waals surface area contributed by atoms with E-state index in [4.69, 9.17) is 10.8 Å². The summed E-state index contributed by atoms with van der Waals surface area (Å²) < 4.78 is 4.43. The first kappa shape index (κ1) is 15.3. The van der Waals surface area contributed by atoms with Crippen LogP contribution >= 0.6 is 0 Å². The Morgan fingerprint density at radius 1 is 1.35 bits per heavy atom. The van der Waals surface area contributed by atoms with Crippen LogP contribution in [0.5, 0.6) is 0 Å². The summed E-state index contributed by atoms with van der Waals surface area (Å²) in [6.45, 7) is 1.72. The molecule has 3 amide bonds. The van der Waals surface area contributed by atoms with Crippen molar-refractivity contribution in [2.45, 2.75) is 6.92 Å². The van der Waals surface area contributed by atoms with Crippen LogP contribution < -0.4 is 16.4 Å². The zero-order chi connectivity index (χ0) is 15.1. The van der Waals surface area contributed by atoms with Crippen molar-refractivity contribution in [1.82, 2.24) is 5.32 Å². The molecule has 1 rings (SSSR count). The minimum Gasteiger partial charge on any atom is -0.478 e. The molecule has 0 saturated carbocycles. The van der Waals surface area contributed by atoms with Crippen LogP contribution in [0.3, 0.4) is 0 Å². The average Bonchev–Trinajstić information content (AvgIpc) is 2.34. The average molecular weight is 281 g/mol. The Kier molecular flexibility index (Phi) is 5.33. The minimum absolute atomic E-state index is 0.0280. The predicted octanol–water partition coefficient (Wildman–Crippen LogP) is 0.910. The van der Waals surface area contributed by atoms with Gasteiger partial charge in [0.2, 0.25) is 0 Å². The summed E-state index contributed by atoms with van der Waals surface area (Å²) in [5.74, 6) is -1.03. The van der Waals surface area contributed by atoms with Gasteiger partial charge in [-0.3, -0.25) is 0 Å². The van der Waals surface area contributed by atoms with Crippen LogP contribution in [0.1, 0.15) is 15.9 Å². The third-order valence-corrected chi connectivity index (χ3v) is 2.35. The molecule has 0 unspecified atom stereocenters. The molecule has 0 aliphatic heterocycles. The number of aromatic carboxylic acids is 1. The standard InChI is InChI=1S/C12H15N3O5/c1-7-6-8(2-3-9(7)10(16)17)15-12(19)14-4-5-20-11(13)18/h2-3,6H,4-5H2,1H3,(H2,13,18)(H,16,17)(H2,14,15,19). The Morgan fingerprint density at radius 2 is 2.05 bits per heavy atom. The van der Waals surface area contributed by atoms with E-state index < -0.39 is 18.1 Å². The Balaban J connectivity index is 2.48. The van der Waals surface area contributed by atoms with Gasteiger partial charge in [0.1, 0.15) is 6.61 Å². The molecule has 0 aliphatic rings. The van der Waals surface area contributed by atoms with Gasteiger partial charge in [0.05, 0.1) is 12.1 Å². The number of hydrogen-bond donors (Lipinski definition) is 4. The fraction of sp³-hybridized carbons (Fsp3) is 0.250. The maximum atomic E-state index is 11.5. The SMILES string of the molecule is Cc1cc(NC(=O)NCCOC(N)=O)ccc1C(=O)O. The number of carboxylic acid groups (broad SMARTS) is 1. The zero-order valence-electron chi connectivity index (χ0n) is 10.8. The van der Waals surface area contributed by atoms with E-state index in [2.05, 4.69) is 15.4 Å². The van der Waals surface area contributed by atoms with Crippen molar-refractivity contribution in [3.8, 4) is 0 Å². The molecule has 0 fully saturated rings. The molecule has 0 radical (unpaired) electrons. The highest BCUT2D eigenvalue weighted by molar-refractivity contribution is 5.92. The molecular weight excluding hydrogens is 266 g/mol. The molecule has 0 spiro atoms. The number of amides is 3. The summed E-state index contributed by atoms with van der Waals surface area (Å²) in [7, 11) is 0. The van der Waals surface area contributed by atoms with Gasteiger partial charge in [0.25, 0.3) is 0 Å². The summed E-state index contributed by atoms with van der Waals surface area (Å²) in [6.07, 6.45) is -0.910. The zero-order valence-corrected chi connectivity index (χ0v) is 10.8. The number of carbonyl (C=O) groups excluding carboxylic acids is 2. The Hall–Kier alpha value is -2.77. The van der Waals surface area contributed by atoms with E-state index in [1.54, 1.807) is 13.0 Å². The maximum absolute atomic E-state index is 11.5. The van der Waals surface area contributed by atoms with Gasteiger partial charge in [0.15, 0.2) is 0 Å². The number of aryl methyl sites for hydroxylation is 1. The molecule has 1 aromatic rings. The van der Waals surface area contributed by atoms with Crippen LogP contribution in [0.15, 0.2) is 18.2 Å². The second-order valence-electron chi connectivity index (χ2n) is 3.88. The highest BCUT2D eigenvalue weighted by atomic mass is 16.5. The second kappa shape index (κ2) is 6.98. The van der Waals surface area contributed by atoms with Gasteiger partial charge >= 0.3 is 18.1 Å². The minimum atomic E-state index is -1.03. The van der Waals surface area contributed by atoms with Gasteiger partial charge < -0.3 is 26.2 Å². The molecule has 8 heteroatoms. The number of anilines is 1. The number of nitrogens with one attached hydrogen (secondary N) is 2. The largest absolute Gasteiger partial charge is 0.478 e. The number of nitrogens with two attached hydrogens (primary N) is 1. The van der Waals surface area contributed by atoms with E-state index in [1.165, 1.54) is 12.1 Å². The van der Waals surface area contributed by atoms with E-state index in [1.807, 2.05) is 0 Å². The number of carboxylic acids is 1. The first-order chi connectivity index (χ1) is 9.40. The Bertz CT molecular complexity index is 530. The highest BCUT2D eigenvalue weighted by Gasteiger charge is 2.08. The quantitative estimate of drug-likeness (QED) is 0.596. The van der Waals surface area contributed by atoms with Crippen molar-refractivity contribution in [2.24, 2.45) is 5.73 Å². The summed E-state index contributed by atoms with van der Waals surface area (Å²) in [5.41, 5.74) is 5.92.